The summed E-state index contributed by atoms with van der Waals surface area (Å²) >= 11 is 0. The van der Waals surface area contributed by atoms with Gasteiger partial charge in [0.1, 0.15) is 0 Å². The summed E-state index contributed by atoms with van der Waals surface area (Å²) in [7, 11) is 0. The highest BCUT2D eigenvalue weighted by atomic mass is 16.4. The Balaban J connectivity index is 1.89. The SMILES string of the molecule is CCCC1CC1NC(=O)NC(C(=O)O)c1ccccc1. The first kappa shape index (κ1) is 14.4. The first-order chi connectivity index (χ1) is 9.61. The minimum atomic E-state index is -1.06. The van der Waals surface area contributed by atoms with Crippen LogP contribution >= 0.6 is 0 Å². The van der Waals surface area contributed by atoms with Crippen LogP contribution in [0, 0.1) is 5.92 Å². The summed E-state index contributed by atoms with van der Waals surface area (Å²) in [5.41, 5.74) is 0.566. The average Bonchev–Trinajstić information content (AvgIpc) is 3.15. The maximum atomic E-state index is 11.8. The van der Waals surface area contributed by atoms with Gasteiger partial charge in [0.05, 0.1) is 0 Å². The third kappa shape index (κ3) is 3.73. The molecule has 0 saturated heterocycles. The number of carboxylic acids is 1. The van der Waals surface area contributed by atoms with Gasteiger partial charge in [-0.05, 0) is 24.3 Å². The Morgan fingerprint density at radius 1 is 1.35 bits per heavy atom. The quantitative estimate of drug-likeness (QED) is 0.746. The topological polar surface area (TPSA) is 78.4 Å². The molecular formula is C15H20N2O3. The lowest BCUT2D eigenvalue weighted by atomic mass is 10.1. The molecule has 108 valence electrons. The van der Waals surface area contributed by atoms with Gasteiger partial charge in [-0.2, -0.15) is 0 Å². The molecule has 5 nitrogen and oxygen atoms in total. The van der Waals surface area contributed by atoms with E-state index in [-0.39, 0.29) is 6.04 Å². The highest BCUT2D eigenvalue weighted by molar-refractivity contribution is 5.83. The first-order valence-corrected chi connectivity index (χ1v) is 6.96. The molecule has 0 aliphatic heterocycles. The van der Waals surface area contributed by atoms with E-state index in [1.165, 1.54) is 0 Å². The lowest BCUT2D eigenvalue weighted by molar-refractivity contribution is -0.139. The van der Waals surface area contributed by atoms with Crippen LogP contribution in [-0.2, 0) is 4.79 Å². The monoisotopic (exact) mass is 276 g/mol. The zero-order valence-corrected chi connectivity index (χ0v) is 11.5. The van der Waals surface area contributed by atoms with E-state index in [0.29, 0.717) is 11.5 Å². The molecule has 1 aromatic carbocycles. The Bertz CT molecular complexity index is 475. The van der Waals surface area contributed by atoms with E-state index in [1.807, 2.05) is 6.07 Å². The fraction of sp³-hybridized carbons (Fsp3) is 0.467. The summed E-state index contributed by atoms with van der Waals surface area (Å²) in [6, 6.07) is 7.46. The van der Waals surface area contributed by atoms with Crippen molar-refractivity contribution in [3.05, 3.63) is 35.9 Å². The van der Waals surface area contributed by atoms with E-state index in [1.54, 1.807) is 24.3 Å². The number of rotatable bonds is 6. The first-order valence-electron chi connectivity index (χ1n) is 6.96. The van der Waals surface area contributed by atoms with Gasteiger partial charge >= 0.3 is 12.0 Å². The third-order valence-electron chi connectivity index (χ3n) is 3.55. The lowest BCUT2D eigenvalue weighted by Gasteiger charge is -2.15. The maximum Gasteiger partial charge on any atom is 0.330 e. The van der Waals surface area contributed by atoms with Crippen molar-refractivity contribution in [2.24, 2.45) is 5.92 Å². The van der Waals surface area contributed by atoms with Crippen LogP contribution in [-0.4, -0.2) is 23.1 Å². The van der Waals surface area contributed by atoms with Crippen molar-refractivity contribution in [2.75, 3.05) is 0 Å². The molecule has 20 heavy (non-hydrogen) atoms. The molecule has 0 radical (unpaired) electrons. The molecule has 1 aliphatic carbocycles. The van der Waals surface area contributed by atoms with Crippen molar-refractivity contribution >= 4 is 12.0 Å². The summed E-state index contributed by atoms with van der Waals surface area (Å²) in [5, 5.41) is 14.6. The van der Waals surface area contributed by atoms with Gasteiger partial charge in [0.15, 0.2) is 6.04 Å². The van der Waals surface area contributed by atoms with Crippen LogP contribution in [0.4, 0.5) is 4.79 Å². The van der Waals surface area contributed by atoms with Gasteiger partial charge in [-0.3, -0.25) is 0 Å². The fourth-order valence-electron chi connectivity index (χ4n) is 2.39. The zero-order valence-electron chi connectivity index (χ0n) is 11.5. The van der Waals surface area contributed by atoms with E-state index in [2.05, 4.69) is 17.6 Å². The number of hydrogen-bond acceptors (Lipinski definition) is 2. The minimum absolute atomic E-state index is 0.195. The number of nitrogens with one attached hydrogen (secondary N) is 2. The van der Waals surface area contributed by atoms with E-state index >= 15 is 0 Å². The van der Waals surface area contributed by atoms with Crippen LogP contribution in [0.25, 0.3) is 0 Å². The van der Waals surface area contributed by atoms with Crippen molar-refractivity contribution in [3.8, 4) is 0 Å². The molecule has 1 aromatic rings. The minimum Gasteiger partial charge on any atom is -0.479 e. The van der Waals surface area contributed by atoms with E-state index in [9.17, 15) is 14.7 Å². The summed E-state index contributed by atoms with van der Waals surface area (Å²) in [5.74, 6) is -0.516. The van der Waals surface area contributed by atoms with Gasteiger partial charge in [0, 0.05) is 6.04 Å². The number of aliphatic carboxylic acids is 1. The van der Waals surface area contributed by atoms with E-state index < -0.39 is 18.0 Å². The molecule has 2 rings (SSSR count). The van der Waals surface area contributed by atoms with Gasteiger partial charge in [-0.25, -0.2) is 9.59 Å². The molecule has 0 heterocycles. The molecule has 0 bridgehead atoms. The molecule has 1 aliphatic rings. The lowest BCUT2D eigenvalue weighted by Crippen LogP contribution is -2.42. The van der Waals surface area contributed by atoms with Gasteiger partial charge < -0.3 is 15.7 Å². The van der Waals surface area contributed by atoms with Crippen molar-refractivity contribution in [3.63, 3.8) is 0 Å². The highest BCUT2D eigenvalue weighted by Crippen LogP contribution is 2.34. The van der Waals surface area contributed by atoms with Gasteiger partial charge in [-0.15, -0.1) is 0 Å². The number of amides is 2. The molecule has 5 heteroatoms. The number of carboxylic acid groups (broad SMARTS) is 1. The molecule has 3 atom stereocenters. The predicted octanol–water partition coefficient (Wildman–Crippen LogP) is 2.30. The van der Waals surface area contributed by atoms with Crippen LogP contribution in [0.15, 0.2) is 30.3 Å². The molecule has 3 N–H and O–H groups in total. The smallest absolute Gasteiger partial charge is 0.330 e. The normalized spacial score (nSPS) is 21.9. The molecule has 1 fully saturated rings. The Morgan fingerprint density at radius 3 is 2.65 bits per heavy atom. The second kappa shape index (κ2) is 6.41. The highest BCUT2D eigenvalue weighted by Gasteiger charge is 2.37. The van der Waals surface area contributed by atoms with Crippen molar-refractivity contribution in [1.29, 1.82) is 0 Å². The summed E-state index contributed by atoms with van der Waals surface area (Å²) < 4.78 is 0. The Labute approximate surface area is 118 Å². The van der Waals surface area contributed by atoms with Gasteiger partial charge in [0.25, 0.3) is 0 Å². The largest absolute Gasteiger partial charge is 0.479 e. The van der Waals surface area contributed by atoms with Crippen LogP contribution in [0.5, 0.6) is 0 Å². The number of hydrogen-bond donors (Lipinski definition) is 3. The molecule has 2 amide bonds. The molecule has 1 saturated carbocycles. The van der Waals surface area contributed by atoms with Gasteiger partial charge in [0.2, 0.25) is 0 Å². The zero-order chi connectivity index (χ0) is 14.5. The Morgan fingerprint density at radius 2 is 2.05 bits per heavy atom. The van der Waals surface area contributed by atoms with Crippen LogP contribution in [0.2, 0.25) is 0 Å². The summed E-state index contributed by atoms with van der Waals surface area (Å²) in [4.78, 5) is 23.1. The molecule has 3 unspecified atom stereocenters. The fourth-order valence-corrected chi connectivity index (χ4v) is 2.39. The van der Waals surface area contributed by atoms with Crippen molar-refractivity contribution in [1.82, 2.24) is 10.6 Å². The summed E-state index contributed by atoms with van der Waals surface area (Å²) in [6.45, 7) is 2.12. The third-order valence-corrected chi connectivity index (χ3v) is 3.55. The number of carbonyl (C=O) groups is 2. The van der Waals surface area contributed by atoms with Crippen LogP contribution < -0.4 is 10.6 Å². The second-order valence-corrected chi connectivity index (χ2v) is 5.19. The summed E-state index contributed by atoms with van der Waals surface area (Å²) in [6.07, 6.45) is 3.20. The van der Waals surface area contributed by atoms with Crippen molar-refractivity contribution < 1.29 is 14.7 Å². The van der Waals surface area contributed by atoms with E-state index in [4.69, 9.17) is 0 Å². The predicted molar refractivity (Wildman–Crippen MR) is 75.3 cm³/mol. The Kier molecular flexibility index (Phi) is 4.61. The number of benzene rings is 1. The van der Waals surface area contributed by atoms with Crippen molar-refractivity contribution in [2.45, 2.75) is 38.3 Å². The number of carbonyl (C=O) groups excluding carboxylic acids is 1. The van der Waals surface area contributed by atoms with Gasteiger partial charge in [-0.1, -0.05) is 43.7 Å². The van der Waals surface area contributed by atoms with E-state index in [0.717, 1.165) is 19.3 Å². The van der Waals surface area contributed by atoms with Crippen LogP contribution in [0.3, 0.4) is 0 Å². The maximum absolute atomic E-state index is 11.8. The average molecular weight is 276 g/mol. The molecular weight excluding hydrogens is 256 g/mol. The standard InChI is InChI=1S/C15H20N2O3/c1-2-6-11-9-12(11)16-15(20)17-13(14(18)19)10-7-4-3-5-8-10/h3-5,7-8,11-13H,2,6,9H2,1H3,(H,18,19)(H2,16,17,20). The second-order valence-electron chi connectivity index (χ2n) is 5.19. The molecule has 0 aromatic heterocycles. The number of urea groups is 1. The Hall–Kier alpha value is -2.04. The molecule has 0 spiro atoms. The van der Waals surface area contributed by atoms with Crippen LogP contribution in [0.1, 0.15) is 37.8 Å².